The molecule has 108 valence electrons. The number of aryl methyl sites for hydroxylation is 2. The summed E-state index contributed by atoms with van der Waals surface area (Å²) >= 11 is 1.50. The average molecular weight is 299 g/mol. The fourth-order valence-electron chi connectivity index (χ4n) is 1.86. The van der Waals surface area contributed by atoms with Gasteiger partial charge in [0.2, 0.25) is 0 Å². The van der Waals surface area contributed by atoms with E-state index >= 15 is 0 Å². The molecule has 1 aromatic heterocycles. The van der Waals surface area contributed by atoms with Gasteiger partial charge >= 0.3 is 6.61 Å². The molecule has 6 heteroatoms. The second kappa shape index (κ2) is 6.28. The third-order valence-electron chi connectivity index (χ3n) is 2.93. The van der Waals surface area contributed by atoms with Gasteiger partial charge in [-0.25, -0.2) is 4.98 Å². The van der Waals surface area contributed by atoms with Crippen LogP contribution < -0.4 is 4.74 Å². The van der Waals surface area contributed by atoms with Gasteiger partial charge in [0, 0.05) is 16.9 Å². The van der Waals surface area contributed by atoms with Crippen molar-refractivity contribution in [2.24, 2.45) is 0 Å². The van der Waals surface area contributed by atoms with Crippen LogP contribution in [0.5, 0.6) is 5.75 Å². The number of hydrogen-bond acceptors (Lipinski definition) is 4. The number of para-hydroxylation sites is 1. The Bertz CT molecular complexity index is 567. The molecule has 0 spiro atoms. The van der Waals surface area contributed by atoms with Gasteiger partial charge in [-0.1, -0.05) is 18.2 Å². The van der Waals surface area contributed by atoms with Gasteiger partial charge in [0.25, 0.3) is 0 Å². The first kappa shape index (κ1) is 14.9. The summed E-state index contributed by atoms with van der Waals surface area (Å²) in [5.74, 6) is 0.000000000000000444. The predicted octanol–water partition coefficient (Wildman–Crippen LogP) is 3.64. The highest BCUT2D eigenvalue weighted by Gasteiger charge is 2.18. The van der Waals surface area contributed by atoms with Crippen LogP contribution in [-0.4, -0.2) is 16.7 Å². The van der Waals surface area contributed by atoms with Gasteiger partial charge in [-0.2, -0.15) is 8.78 Å². The third kappa shape index (κ3) is 3.52. The summed E-state index contributed by atoms with van der Waals surface area (Å²) < 4.78 is 29.1. The van der Waals surface area contributed by atoms with E-state index in [-0.39, 0.29) is 12.2 Å². The molecule has 0 aliphatic rings. The lowest BCUT2D eigenvalue weighted by atomic mass is 10.1. The molecule has 2 aromatic rings. The van der Waals surface area contributed by atoms with Crippen molar-refractivity contribution in [3.63, 3.8) is 0 Å². The maximum absolute atomic E-state index is 12.3. The van der Waals surface area contributed by atoms with Crippen LogP contribution in [0.15, 0.2) is 24.3 Å². The molecule has 0 saturated heterocycles. The minimum atomic E-state index is -2.91. The summed E-state index contributed by atoms with van der Waals surface area (Å²) in [6.07, 6.45) is -0.641. The highest BCUT2D eigenvalue weighted by Crippen LogP contribution is 2.30. The molecule has 0 aliphatic heterocycles. The molecule has 1 heterocycles. The Morgan fingerprint density at radius 2 is 2.00 bits per heavy atom. The van der Waals surface area contributed by atoms with Crippen molar-refractivity contribution in [2.75, 3.05) is 0 Å². The Labute approximate surface area is 119 Å². The van der Waals surface area contributed by atoms with Crippen LogP contribution in [-0.2, 0) is 6.42 Å². The molecule has 20 heavy (non-hydrogen) atoms. The number of rotatable bonds is 5. The van der Waals surface area contributed by atoms with Gasteiger partial charge in [0.15, 0.2) is 0 Å². The fourth-order valence-corrected chi connectivity index (χ4v) is 2.83. The average Bonchev–Trinajstić information content (AvgIpc) is 2.68. The van der Waals surface area contributed by atoms with E-state index in [0.29, 0.717) is 5.56 Å². The zero-order valence-corrected chi connectivity index (χ0v) is 12.0. The molecule has 0 amide bonds. The number of aliphatic hydroxyl groups excluding tert-OH is 1. The topological polar surface area (TPSA) is 42.4 Å². The number of ether oxygens (including phenoxy) is 1. The highest BCUT2D eigenvalue weighted by atomic mass is 32.1. The van der Waals surface area contributed by atoms with E-state index in [0.717, 1.165) is 15.6 Å². The van der Waals surface area contributed by atoms with Crippen LogP contribution in [0, 0.1) is 13.8 Å². The number of halogens is 2. The van der Waals surface area contributed by atoms with Gasteiger partial charge in [0.1, 0.15) is 5.75 Å². The number of hydrogen-bond donors (Lipinski definition) is 1. The van der Waals surface area contributed by atoms with Crippen LogP contribution >= 0.6 is 11.3 Å². The van der Waals surface area contributed by atoms with E-state index in [1.165, 1.54) is 17.4 Å². The second-order valence-electron chi connectivity index (χ2n) is 4.39. The standard InChI is InChI=1S/C14H15F2NO2S/c1-8-9(2)20-13(17-8)7-11(18)10-5-3-4-6-12(10)19-14(15)16/h3-6,11,14,18H,7H2,1-2H3. The number of benzene rings is 1. The van der Waals surface area contributed by atoms with Gasteiger partial charge in [-0.05, 0) is 19.9 Å². The van der Waals surface area contributed by atoms with Crippen LogP contribution in [0.4, 0.5) is 8.78 Å². The van der Waals surface area contributed by atoms with Crippen molar-refractivity contribution in [3.8, 4) is 5.75 Å². The number of nitrogens with zero attached hydrogens (tertiary/aromatic N) is 1. The van der Waals surface area contributed by atoms with Crippen molar-refractivity contribution < 1.29 is 18.6 Å². The molecule has 1 N–H and O–H groups in total. The Morgan fingerprint density at radius 3 is 2.60 bits per heavy atom. The minimum absolute atomic E-state index is 0.000000000000000444. The van der Waals surface area contributed by atoms with E-state index in [1.54, 1.807) is 18.2 Å². The Hall–Kier alpha value is -1.53. The molecule has 1 atom stereocenters. The van der Waals surface area contributed by atoms with E-state index in [9.17, 15) is 13.9 Å². The molecule has 1 aromatic carbocycles. The smallest absolute Gasteiger partial charge is 0.387 e. The van der Waals surface area contributed by atoms with Crippen LogP contribution in [0.3, 0.4) is 0 Å². The maximum atomic E-state index is 12.3. The molecule has 0 saturated carbocycles. The molecular weight excluding hydrogens is 284 g/mol. The molecule has 0 radical (unpaired) electrons. The van der Waals surface area contributed by atoms with Crippen LogP contribution in [0.25, 0.3) is 0 Å². The first-order valence-corrected chi connectivity index (χ1v) is 6.93. The quantitative estimate of drug-likeness (QED) is 0.916. The van der Waals surface area contributed by atoms with Gasteiger partial charge < -0.3 is 9.84 Å². The van der Waals surface area contributed by atoms with Crippen molar-refractivity contribution in [1.82, 2.24) is 4.98 Å². The van der Waals surface area contributed by atoms with Crippen molar-refractivity contribution in [2.45, 2.75) is 33.0 Å². The van der Waals surface area contributed by atoms with E-state index in [1.807, 2.05) is 13.8 Å². The Balaban J connectivity index is 2.18. The van der Waals surface area contributed by atoms with E-state index in [2.05, 4.69) is 9.72 Å². The summed E-state index contributed by atoms with van der Waals surface area (Å²) in [5.41, 5.74) is 1.27. The first-order chi connectivity index (χ1) is 9.47. The molecular formula is C14H15F2NO2S. The van der Waals surface area contributed by atoms with Crippen LogP contribution in [0.1, 0.15) is 27.2 Å². The predicted molar refractivity (Wildman–Crippen MR) is 73.3 cm³/mol. The Morgan fingerprint density at radius 1 is 1.30 bits per heavy atom. The summed E-state index contributed by atoms with van der Waals surface area (Å²) in [7, 11) is 0. The van der Waals surface area contributed by atoms with E-state index < -0.39 is 12.7 Å². The number of aromatic nitrogens is 1. The SMILES string of the molecule is Cc1nc(CC(O)c2ccccc2OC(F)F)sc1C. The van der Waals surface area contributed by atoms with E-state index in [4.69, 9.17) is 0 Å². The van der Waals surface area contributed by atoms with Gasteiger partial charge in [-0.15, -0.1) is 11.3 Å². The van der Waals surface area contributed by atoms with Crippen LogP contribution in [0.2, 0.25) is 0 Å². The molecule has 2 rings (SSSR count). The zero-order chi connectivity index (χ0) is 14.7. The summed E-state index contributed by atoms with van der Waals surface area (Å²) in [6.45, 7) is 0.944. The Kier molecular flexibility index (Phi) is 4.67. The minimum Gasteiger partial charge on any atom is -0.434 e. The largest absolute Gasteiger partial charge is 0.434 e. The maximum Gasteiger partial charge on any atom is 0.387 e. The van der Waals surface area contributed by atoms with Crippen molar-refractivity contribution in [3.05, 3.63) is 45.4 Å². The van der Waals surface area contributed by atoms with Gasteiger partial charge in [-0.3, -0.25) is 0 Å². The monoisotopic (exact) mass is 299 g/mol. The highest BCUT2D eigenvalue weighted by molar-refractivity contribution is 7.11. The molecule has 0 aliphatic carbocycles. The lowest BCUT2D eigenvalue weighted by molar-refractivity contribution is -0.0515. The molecule has 0 bridgehead atoms. The molecule has 0 fully saturated rings. The van der Waals surface area contributed by atoms with Gasteiger partial charge in [0.05, 0.1) is 16.8 Å². The molecule has 1 unspecified atom stereocenters. The summed E-state index contributed by atoms with van der Waals surface area (Å²) in [6, 6.07) is 6.26. The van der Waals surface area contributed by atoms with Crippen molar-refractivity contribution in [1.29, 1.82) is 0 Å². The molecule has 3 nitrogen and oxygen atoms in total. The first-order valence-electron chi connectivity index (χ1n) is 6.12. The van der Waals surface area contributed by atoms with Crippen molar-refractivity contribution >= 4 is 11.3 Å². The summed E-state index contributed by atoms with van der Waals surface area (Å²) in [4.78, 5) is 5.42. The normalized spacial score (nSPS) is 12.7. The zero-order valence-electron chi connectivity index (χ0n) is 11.1. The second-order valence-corrected chi connectivity index (χ2v) is 5.67. The number of thiazole rings is 1. The fraction of sp³-hybridized carbons (Fsp3) is 0.357. The number of aliphatic hydroxyl groups is 1. The lowest BCUT2D eigenvalue weighted by Gasteiger charge is -2.14. The third-order valence-corrected chi connectivity index (χ3v) is 4.03. The number of alkyl halides is 2. The lowest BCUT2D eigenvalue weighted by Crippen LogP contribution is -2.08. The summed E-state index contributed by atoms with van der Waals surface area (Å²) in [5, 5.41) is 11.0.